The summed E-state index contributed by atoms with van der Waals surface area (Å²) in [5, 5.41) is 65.4. The number of ether oxygens (including phenoxy) is 4. The van der Waals surface area contributed by atoms with Crippen molar-refractivity contribution in [1.82, 2.24) is 10.6 Å². The van der Waals surface area contributed by atoms with Gasteiger partial charge >= 0.3 is 5.97 Å². The predicted octanol–water partition coefficient (Wildman–Crippen LogP) is -6.14. The van der Waals surface area contributed by atoms with Gasteiger partial charge in [-0.05, 0) is 0 Å². The molecule has 3 rings (SSSR count). The third-order valence-electron chi connectivity index (χ3n) is 5.39. The summed E-state index contributed by atoms with van der Waals surface area (Å²) in [6, 6.07) is -3.24. The quantitative estimate of drug-likeness (QED) is 0.180. The van der Waals surface area contributed by atoms with Crippen molar-refractivity contribution < 1.29 is 59.2 Å². The van der Waals surface area contributed by atoms with Crippen LogP contribution in [0.3, 0.4) is 0 Å². The Labute approximate surface area is 175 Å². The smallest absolute Gasteiger partial charge is 0.312 e. The van der Waals surface area contributed by atoms with Crippen LogP contribution in [-0.4, -0.2) is 116 Å². The van der Waals surface area contributed by atoms with Crippen LogP contribution in [-0.2, 0) is 28.5 Å². The molecule has 0 aromatic carbocycles. The Morgan fingerprint density at radius 1 is 0.935 bits per heavy atom. The van der Waals surface area contributed by atoms with E-state index in [2.05, 4.69) is 10.6 Å². The Kier molecular flexibility index (Phi) is 6.33. The first-order valence-corrected chi connectivity index (χ1v) is 9.41. The summed E-state index contributed by atoms with van der Waals surface area (Å²) >= 11 is 0. The molecule has 0 unspecified atom stereocenters. The highest BCUT2D eigenvalue weighted by Crippen LogP contribution is 2.53. The van der Waals surface area contributed by atoms with E-state index in [-0.39, 0.29) is 0 Å². The van der Waals surface area contributed by atoms with Crippen molar-refractivity contribution in [3.05, 3.63) is 0 Å². The number of rotatable bonds is 4. The Bertz CT molecular complexity index is 714. The molecule has 10 N–H and O–H groups in total. The fourth-order valence-corrected chi connectivity index (χ4v) is 4.00. The van der Waals surface area contributed by atoms with E-state index < -0.39 is 85.3 Å². The Morgan fingerprint density at radius 2 is 1.48 bits per heavy atom. The van der Waals surface area contributed by atoms with Gasteiger partial charge < -0.3 is 50.7 Å². The van der Waals surface area contributed by atoms with Crippen LogP contribution in [0.25, 0.3) is 0 Å². The second kappa shape index (κ2) is 8.13. The largest absolute Gasteiger partial charge is 0.394 e. The normalized spacial score (nSPS) is 49.5. The van der Waals surface area contributed by atoms with Crippen molar-refractivity contribution in [3.63, 3.8) is 0 Å². The van der Waals surface area contributed by atoms with Gasteiger partial charge in [-0.15, -0.1) is 0 Å². The Morgan fingerprint density at radius 3 is 1.97 bits per heavy atom. The van der Waals surface area contributed by atoms with Gasteiger partial charge in [-0.1, -0.05) is 0 Å². The molecule has 0 radical (unpaired) electrons. The van der Waals surface area contributed by atoms with Crippen LogP contribution in [0.4, 0.5) is 0 Å². The van der Waals surface area contributed by atoms with Crippen molar-refractivity contribution >= 4 is 11.8 Å². The highest BCUT2D eigenvalue weighted by atomic mass is 17.0. The minimum Gasteiger partial charge on any atom is -0.394 e. The molecule has 178 valence electrons. The first-order chi connectivity index (χ1) is 14.3. The molecule has 0 aromatic rings. The number of nitrogens with one attached hydrogen (secondary N) is 2. The lowest BCUT2D eigenvalue weighted by atomic mass is 9.86. The maximum atomic E-state index is 11.6. The Balaban J connectivity index is 1.96. The van der Waals surface area contributed by atoms with Gasteiger partial charge in [0.2, 0.25) is 23.5 Å². The number of amides is 2. The van der Waals surface area contributed by atoms with Gasteiger partial charge in [0.1, 0.15) is 42.6 Å². The number of nitrogens with two attached hydrogens (primary N) is 1. The molecule has 3 heterocycles. The third-order valence-corrected chi connectivity index (χ3v) is 5.39. The van der Waals surface area contributed by atoms with E-state index >= 15 is 0 Å². The lowest BCUT2D eigenvalue weighted by Gasteiger charge is -2.66. The highest BCUT2D eigenvalue weighted by molar-refractivity contribution is 5.74. The minimum atomic E-state index is -2.63. The molecule has 3 fully saturated rings. The van der Waals surface area contributed by atoms with Crippen LogP contribution in [0, 0.1) is 0 Å². The standard InChI is InChI=1S/C16H27N3O12/c1-5(22)18-11-10(25)9(24)7(3-20)28-16(11)30-14(31-16)8(4-21)29-15(17,27)12(13(14)26)19-6(2)23/h7-13,20-21,24-27H,3-4,17H2,1-2H3,(H,18,22)(H,19,23)/t7-,8-,9-,10+,11-,12-,13-,14?,15-,16?/m1/s1. The maximum Gasteiger partial charge on any atom is 0.312 e. The van der Waals surface area contributed by atoms with Gasteiger partial charge in [0.05, 0.1) is 13.2 Å². The predicted molar refractivity (Wildman–Crippen MR) is 93.9 cm³/mol. The lowest BCUT2D eigenvalue weighted by molar-refractivity contribution is -0.645. The average Bonchev–Trinajstić information content (AvgIpc) is 2.65. The van der Waals surface area contributed by atoms with Gasteiger partial charge in [0.15, 0.2) is 0 Å². The molecule has 0 aromatic heterocycles. The number of carbonyl (C=O) groups excluding carboxylic acids is 2. The zero-order valence-electron chi connectivity index (χ0n) is 16.7. The topological polar surface area (TPSA) is 243 Å². The first-order valence-electron chi connectivity index (χ1n) is 9.41. The molecule has 0 saturated carbocycles. The van der Waals surface area contributed by atoms with Crippen molar-refractivity contribution in [2.75, 3.05) is 13.2 Å². The van der Waals surface area contributed by atoms with E-state index in [0.717, 1.165) is 13.8 Å². The van der Waals surface area contributed by atoms with Crippen molar-refractivity contribution in [1.29, 1.82) is 0 Å². The van der Waals surface area contributed by atoms with Gasteiger partial charge in [-0.2, -0.15) is 0 Å². The molecule has 15 nitrogen and oxygen atoms in total. The van der Waals surface area contributed by atoms with E-state index in [9.17, 15) is 40.2 Å². The first kappa shape index (κ1) is 24.1. The molecule has 8 atom stereocenters. The molecular formula is C16H27N3O12. The van der Waals surface area contributed by atoms with Gasteiger partial charge in [-0.3, -0.25) is 24.8 Å². The van der Waals surface area contributed by atoms with Gasteiger partial charge in [0, 0.05) is 13.8 Å². The molecule has 0 bridgehead atoms. The van der Waals surface area contributed by atoms with Gasteiger partial charge in [0.25, 0.3) is 0 Å². The lowest BCUT2D eigenvalue weighted by Crippen LogP contribution is -2.89. The summed E-state index contributed by atoms with van der Waals surface area (Å²) in [5.41, 5.74) is 5.62. The molecule has 2 spiro atoms. The minimum absolute atomic E-state index is 0.665. The molecular weight excluding hydrogens is 426 g/mol. The molecule has 31 heavy (non-hydrogen) atoms. The molecule has 3 aliphatic rings. The number of aliphatic hydroxyl groups is 6. The van der Waals surface area contributed by atoms with Crippen molar-refractivity contribution in [2.45, 2.75) is 74.1 Å². The zero-order chi connectivity index (χ0) is 23.4. The summed E-state index contributed by atoms with van der Waals surface area (Å²) in [7, 11) is 0. The number of aliphatic hydroxyl groups excluding tert-OH is 5. The molecule has 3 saturated heterocycles. The monoisotopic (exact) mass is 453 g/mol. The van der Waals surface area contributed by atoms with Crippen LogP contribution in [0.2, 0.25) is 0 Å². The third kappa shape index (κ3) is 3.81. The Hall–Kier alpha value is -1.50. The molecule has 15 heteroatoms. The highest BCUT2D eigenvalue weighted by Gasteiger charge is 2.77. The SMILES string of the molecule is CC(=O)N[C@@H]1[C@@H](O)[C@H](O)[C@@H](CO)OC12OC1(O2)[C@H](O)[C@@H](NC(C)=O)[C@@](N)(O)O[C@@H]1CO. The fourth-order valence-electron chi connectivity index (χ4n) is 4.00. The average molecular weight is 453 g/mol. The van der Waals surface area contributed by atoms with Crippen molar-refractivity contribution in [2.24, 2.45) is 5.73 Å². The van der Waals surface area contributed by atoms with E-state index in [1.165, 1.54) is 0 Å². The number of carbonyl (C=O) groups is 2. The van der Waals surface area contributed by atoms with E-state index in [4.69, 9.17) is 24.7 Å². The maximum absolute atomic E-state index is 11.6. The zero-order valence-corrected chi connectivity index (χ0v) is 16.7. The molecule has 0 aliphatic carbocycles. The van der Waals surface area contributed by atoms with Crippen LogP contribution in [0.15, 0.2) is 0 Å². The van der Waals surface area contributed by atoms with E-state index in [1.54, 1.807) is 0 Å². The molecule has 3 aliphatic heterocycles. The van der Waals surface area contributed by atoms with Crippen LogP contribution >= 0.6 is 0 Å². The van der Waals surface area contributed by atoms with Gasteiger partial charge in [-0.25, -0.2) is 0 Å². The van der Waals surface area contributed by atoms with E-state index in [0.29, 0.717) is 0 Å². The van der Waals surface area contributed by atoms with Crippen LogP contribution in [0.5, 0.6) is 0 Å². The molecule has 2 amide bonds. The summed E-state index contributed by atoms with van der Waals surface area (Å²) in [4.78, 5) is 23.1. The fraction of sp³-hybridized carbons (Fsp3) is 0.875. The van der Waals surface area contributed by atoms with Crippen molar-refractivity contribution in [3.8, 4) is 0 Å². The number of hydrogen-bond acceptors (Lipinski definition) is 13. The van der Waals surface area contributed by atoms with Crippen LogP contribution in [0.1, 0.15) is 13.8 Å². The summed E-state index contributed by atoms with van der Waals surface area (Å²) < 4.78 is 22.0. The summed E-state index contributed by atoms with van der Waals surface area (Å²) in [5.74, 6) is -8.62. The second-order valence-corrected chi connectivity index (χ2v) is 7.69. The number of hydrogen-bond donors (Lipinski definition) is 9. The van der Waals surface area contributed by atoms with Crippen LogP contribution < -0.4 is 16.4 Å². The summed E-state index contributed by atoms with van der Waals surface area (Å²) in [6.45, 7) is 0.527. The second-order valence-electron chi connectivity index (χ2n) is 7.69. The van der Waals surface area contributed by atoms with E-state index in [1.807, 2.05) is 0 Å². The summed E-state index contributed by atoms with van der Waals surface area (Å²) in [6.07, 6.45) is -8.35.